The molecular weight excluding hydrogens is 447 g/mol. The highest BCUT2D eigenvalue weighted by atomic mass is 19.4. The third-order valence-electron chi connectivity index (χ3n) is 6.18. The molecule has 2 aromatic rings. The summed E-state index contributed by atoms with van der Waals surface area (Å²) in [7, 11) is 5.50. The smallest absolute Gasteiger partial charge is 0.416 e. The number of rotatable bonds is 7. The van der Waals surface area contributed by atoms with Crippen molar-refractivity contribution < 1.29 is 27.5 Å². The third kappa shape index (κ3) is 6.28. The summed E-state index contributed by atoms with van der Waals surface area (Å²) in [5.74, 6) is 0.153. The zero-order chi connectivity index (χ0) is 24.9. The quantitative estimate of drug-likeness (QED) is 0.655. The fourth-order valence-corrected chi connectivity index (χ4v) is 4.12. The van der Waals surface area contributed by atoms with Gasteiger partial charge in [-0.2, -0.15) is 13.2 Å². The number of methoxy groups -OCH3 is 1. The molecular formula is C25H30F3N3O3. The molecule has 6 nitrogen and oxygen atoms in total. The minimum Gasteiger partial charge on any atom is -0.497 e. The number of amides is 2. The second-order valence-corrected chi connectivity index (χ2v) is 8.64. The zero-order valence-corrected chi connectivity index (χ0v) is 19.6. The van der Waals surface area contributed by atoms with Crippen LogP contribution in [0.5, 0.6) is 5.75 Å². The van der Waals surface area contributed by atoms with Crippen molar-refractivity contribution in [3.8, 4) is 5.75 Å². The average molecular weight is 478 g/mol. The molecule has 0 saturated carbocycles. The Morgan fingerprint density at radius 3 is 2.32 bits per heavy atom. The standard InChI is InChI=1S/C25H30F3N3O3/c1-30(2)22(19-5-4-6-21(15-19)34-3)16-29-23(32)17-11-13-31(14-12-17)24(33)18-7-9-20(10-8-18)25(26,27)28/h4-10,15,17,22H,11-14,16H2,1-3H3,(H,29,32). The summed E-state index contributed by atoms with van der Waals surface area (Å²) in [5.41, 5.74) is 0.453. The topological polar surface area (TPSA) is 61.9 Å². The summed E-state index contributed by atoms with van der Waals surface area (Å²) in [6, 6.07) is 11.9. The second kappa shape index (κ2) is 10.9. The Bertz CT molecular complexity index is 985. The van der Waals surface area contributed by atoms with Gasteiger partial charge in [0.1, 0.15) is 5.75 Å². The molecule has 0 bridgehead atoms. The Morgan fingerprint density at radius 2 is 1.76 bits per heavy atom. The van der Waals surface area contributed by atoms with Crippen LogP contribution in [0, 0.1) is 5.92 Å². The largest absolute Gasteiger partial charge is 0.497 e. The molecule has 184 valence electrons. The lowest BCUT2D eigenvalue weighted by Gasteiger charge is -2.32. The first-order valence-corrected chi connectivity index (χ1v) is 11.1. The van der Waals surface area contributed by atoms with Crippen molar-refractivity contribution in [2.75, 3.05) is 40.8 Å². The van der Waals surface area contributed by atoms with Crippen LogP contribution in [0.1, 0.15) is 40.4 Å². The molecule has 34 heavy (non-hydrogen) atoms. The Hall–Kier alpha value is -3.07. The number of hydrogen-bond acceptors (Lipinski definition) is 4. The highest BCUT2D eigenvalue weighted by molar-refractivity contribution is 5.94. The second-order valence-electron chi connectivity index (χ2n) is 8.64. The maximum Gasteiger partial charge on any atom is 0.416 e. The molecule has 1 N–H and O–H groups in total. The molecule has 0 spiro atoms. The van der Waals surface area contributed by atoms with Crippen LogP contribution >= 0.6 is 0 Å². The SMILES string of the molecule is COc1cccc(C(CNC(=O)C2CCN(C(=O)c3ccc(C(F)(F)F)cc3)CC2)N(C)C)c1. The summed E-state index contributed by atoms with van der Waals surface area (Å²) in [6.07, 6.45) is -3.43. The molecule has 1 unspecified atom stereocenters. The lowest BCUT2D eigenvalue weighted by atomic mass is 9.95. The van der Waals surface area contributed by atoms with E-state index >= 15 is 0 Å². The molecule has 2 amide bonds. The maximum atomic E-state index is 12.8. The number of piperidine rings is 1. The van der Waals surface area contributed by atoms with Gasteiger partial charge in [-0.25, -0.2) is 0 Å². The molecule has 2 aromatic carbocycles. The predicted molar refractivity (Wildman–Crippen MR) is 123 cm³/mol. The van der Waals surface area contributed by atoms with Crippen LogP contribution in [-0.4, -0.2) is 62.5 Å². The van der Waals surface area contributed by atoms with Crippen molar-refractivity contribution in [3.63, 3.8) is 0 Å². The lowest BCUT2D eigenvalue weighted by Crippen LogP contribution is -2.44. The van der Waals surface area contributed by atoms with E-state index in [-0.39, 0.29) is 29.3 Å². The van der Waals surface area contributed by atoms with E-state index < -0.39 is 11.7 Å². The van der Waals surface area contributed by atoms with Crippen LogP contribution in [0.2, 0.25) is 0 Å². The van der Waals surface area contributed by atoms with E-state index in [4.69, 9.17) is 4.74 Å². The normalized spacial score (nSPS) is 15.8. The maximum absolute atomic E-state index is 12.8. The minimum atomic E-state index is -4.44. The van der Waals surface area contributed by atoms with Crippen molar-refractivity contribution in [1.82, 2.24) is 15.1 Å². The molecule has 3 rings (SSSR count). The van der Waals surface area contributed by atoms with Gasteiger partial charge in [-0.15, -0.1) is 0 Å². The number of nitrogens with one attached hydrogen (secondary N) is 1. The molecule has 0 aromatic heterocycles. The van der Waals surface area contributed by atoms with Gasteiger partial charge in [-0.1, -0.05) is 12.1 Å². The third-order valence-corrected chi connectivity index (χ3v) is 6.18. The van der Waals surface area contributed by atoms with E-state index in [1.165, 1.54) is 12.1 Å². The van der Waals surface area contributed by atoms with Gasteiger partial charge < -0.3 is 19.9 Å². The number of likely N-dealkylation sites (tertiary alicyclic amines) is 1. The summed E-state index contributed by atoms with van der Waals surface area (Å²) in [6.45, 7) is 1.19. The lowest BCUT2D eigenvalue weighted by molar-refractivity contribution is -0.137. The first-order valence-electron chi connectivity index (χ1n) is 11.1. The molecule has 1 aliphatic rings. The fourth-order valence-electron chi connectivity index (χ4n) is 4.12. The van der Waals surface area contributed by atoms with E-state index in [9.17, 15) is 22.8 Å². The highest BCUT2D eigenvalue weighted by Crippen LogP contribution is 2.29. The van der Waals surface area contributed by atoms with Crippen LogP contribution in [0.25, 0.3) is 0 Å². The predicted octanol–water partition coefficient (Wildman–Crippen LogP) is 3.99. The highest BCUT2D eigenvalue weighted by Gasteiger charge is 2.31. The molecule has 0 radical (unpaired) electrons. The van der Waals surface area contributed by atoms with Crippen LogP contribution in [-0.2, 0) is 11.0 Å². The molecule has 9 heteroatoms. The molecule has 1 heterocycles. The van der Waals surface area contributed by atoms with Gasteiger partial charge in [0.05, 0.1) is 18.7 Å². The molecule has 0 aliphatic carbocycles. The van der Waals surface area contributed by atoms with Gasteiger partial charge in [0, 0.05) is 31.1 Å². The molecule has 1 aliphatic heterocycles. The number of carbonyl (C=O) groups is 2. The monoisotopic (exact) mass is 477 g/mol. The molecule has 1 atom stereocenters. The van der Waals surface area contributed by atoms with E-state index in [2.05, 4.69) is 5.32 Å². The van der Waals surface area contributed by atoms with Crippen LogP contribution in [0.3, 0.4) is 0 Å². The fraction of sp³-hybridized carbons (Fsp3) is 0.440. The zero-order valence-electron chi connectivity index (χ0n) is 19.6. The Labute approximate surface area is 197 Å². The van der Waals surface area contributed by atoms with Gasteiger partial charge in [-0.05, 0) is 68.9 Å². The Balaban J connectivity index is 1.53. The van der Waals surface area contributed by atoms with E-state index in [0.717, 1.165) is 23.4 Å². The first kappa shape index (κ1) is 25.6. The van der Waals surface area contributed by atoms with Gasteiger partial charge in [0.25, 0.3) is 5.91 Å². The van der Waals surface area contributed by atoms with Crippen LogP contribution in [0.15, 0.2) is 48.5 Å². The minimum absolute atomic E-state index is 0.0274. The van der Waals surface area contributed by atoms with Gasteiger partial charge in [-0.3, -0.25) is 9.59 Å². The van der Waals surface area contributed by atoms with Crippen molar-refractivity contribution in [3.05, 3.63) is 65.2 Å². The number of nitrogens with zero attached hydrogens (tertiary/aromatic N) is 2. The number of halogens is 3. The van der Waals surface area contributed by atoms with Gasteiger partial charge in [0.2, 0.25) is 5.91 Å². The van der Waals surface area contributed by atoms with Crippen LogP contribution in [0.4, 0.5) is 13.2 Å². The van der Waals surface area contributed by atoms with Crippen molar-refractivity contribution >= 4 is 11.8 Å². The number of hydrogen-bond donors (Lipinski definition) is 1. The summed E-state index contributed by atoms with van der Waals surface area (Å²) in [5, 5.41) is 3.03. The number of carbonyl (C=O) groups excluding carboxylic acids is 2. The summed E-state index contributed by atoms with van der Waals surface area (Å²) >= 11 is 0. The first-order chi connectivity index (χ1) is 16.1. The number of likely N-dealkylation sites (N-methyl/N-ethyl adjacent to an activating group) is 1. The van der Waals surface area contributed by atoms with Crippen molar-refractivity contribution in [1.29, 1.82) is 0 Å². The van der Waals surface area contributed by atoms with E-state index in [1.54, 1.807) is 12.0 Å². The van der Waals surface area contributed by atoms with Crippen LogP contribution < -0.4 is 10.1 Å². The summed E-state index contributed by atoms with van der Waals surface area (Å²) in [4.78, 5) is 29.1. The molecule has 1 fully saturated rings. The van der Waals surface area contributed by atoms with Gasteiger partial charge in [0.15, 0.2) is 0 Å². The number of alkyl halides is 3. The number of ether oxygens (including phenoxy) is 1. The van der Waals surface area contributed by atoms with Crippen molar-refractivity contribution in [2.45, 2.75) is 25.1 Å². The summed E-state index contributed by atoms with van der Waals surface area (Å²) < 4.78 is 43.5. The average Bonchev–Trinajstić information content (AvgIpc) is 2.83. The van der Waals surface area contributed by atoms with E-state index in [0.29, 0.717) is 32.5 Å². The number of benzene rings is 2. The van der Waals surface area contributed by atoms with Crippen molar-refractivity contribution in [2.24, 2.45) is 5.92 Å². The Kier molecular flexibility index (Phi) is 8.19. The van der Waals surface area contributed by atoms with Gasteiger partial charge >= 0.3 is 6.18 Å². The molecule has 1 saturated heterocycles. The Morgan fingerprint density at radius 1 is 1.12 bits per heavy atom. The van der Waals surface area contributed by atoms with E-state index in [1.807, 2.05) is 43.3 Å².